The predicted molar refractivity (Wildman–Crippen MR) is 115 cm³/mol. The minimum atomic E-state index is -0.300. The molecule has 0 aromatic heterocycles. The number of benzene rings is 2. The Morgan fingerprint density at radius 1 is 1.11 bits per heavy atom. The summed E-state index contributed by atoms with van der Waals surface area (Å²) in [5.41, 5.74) is 2.93. The van der Waals surface area contributed by atoms with E-state index in [0.717, 1.165) is 38.7 Å². The van der Waals surface area contributed by atoms with Gasteiger partial charge in [0.05, 0.1) is 23.0 Å². The van der Waals surface area contributed by atoms with Crippen LogP contribution in [0.2, 0.25) is 0 Å². The van der Waals surface area contributed by atoms with Crippen LogP contribution in [-0.2, 0) is 4.79 Å². The smallest absolute Gasteiger partial charge is 0.293 e. The third-order valence-corrected chi connectivity index (χ3v) is 5.79. The number of ether oxygens (including phenoxy) is 2. The Morgan fingerprint density at radius 2 is 1.89 bits per heavy atom. The van der Waals surface area contributed by atoms with E-state index in [1.54, 1.807) is 19.3 Å². The number of halogens is 1. The van der Waals surface area contributed by atoms with E-state index in [1.807, 2.05) is 44.2 Å². The second-order valence-corrected chi connectivity index (χ2v) is 8.19. The van der Waals surface area contributed by atoms with Crippen molar-refractivity contribution in [2.75, 3.05) is 20.3 Å². The van der Waals surface area contributed by atoms with Crippen LogP contribution in [0.15, 0.2) is 45.8 Å². The van der Waals surface area contributed by atoms with Gasteiger partial charge in [0, 0.05) is 0 Å². The highest BCUT2D eigenvalue weighted by Gasteiger charge is 2.34. The molecule has 1 fully saturated rings. The van der Waals surface area contributed by atoms with Gasteiger partial charge in [-0.2, -0.15) is 0 Å². The van der Waals surface area contributed by atoms with Crippen molar-refractivity contribution >= 4 is 44.9 Å². The number of hydrogen-bond donors (Lipinski definition) is 0. The zero-order valence-electron chi connectivity index (χ0n) is 15.8. The monoisotopic (exact) mass is 461 g/mol. The van der Waals surface area contributed by atoms with Gasteiger partial charge in [0.25, 0.3) is 11.1 Å². The summed E-state index contributed by atoms with van der Waals surface area (Å²) in [7, 11) is 1.59. The minimum Gasteiger partial charge on any atom is -0.496 e. The number of carbonyl (C=O) groups excluding carboxylic acids is 2. The van der Waals surface area contributed by atoms with Gasteiger partial charge in [-0.25, -0.2) is 0 Å². The topological polar surface area (TPSA) is 55.8 Å². The number of thioether (sulfide) groups is 1. The van der Waals surface area contributed by atoms with Crippen molar-refractivity contribution in [2.45, 2.75) is 13.8 Å². The van der Waals surface area contributed by atoms with Gasteiger partial charge in [-0.3, -0.25) is 14.5 Å². The van der Waals surface area contributed by atoms with Crippen LogP contribution in [0.1, 0.15) is 16.7 Å². The molecule has 28 heavy (non-hydrogen) atoms. The molecule has 7 heteroatoms. The fourth-order valence-corrected chi connectivity index (χ4v) is 4.15. The lowest BCUT2D eigenvalue weighted by molar-refractivity contribution is -0.123. The second kappa shape index (κ2) is 8.84. The van der Waals surface area contributed by atoms with Crippen LogP contribution in [0.4, 0.5) is 4.79 Å². The fraction of sp³-hybridized carbons (Fsp3) is 0.238. The maximum absolute atomic E-state index is 12.6. The summed E-state index contributed by atoms with van der Waals surface area (Å²) >= 11 is 4.36. The first-order chi connectivity index (χ1) is 13.4. The number of methoxy groups -OCH3 is 1. The Kier molecular flexibility index (Phi) is 6.46. The van der Waals surface area contributed by atoms with Crippen LogP contribution < -0.4 is 9.47 Å². The molecule has 2 amide bonds. The predicted octanol–water partition coefficient (Wildman–Crippen LogP) is 5.19. The third-order valence-electron chi connectivity index (χ3n) is 4.26. The maximum atomic E-state index is 12.6. The number of amides is 2. The van der Waals surface area contributed by atoms with Gasteiger partial charge < -0.3 is 9.47 Å². The lowest BCUT2D eigenvalue weighted by atomic mass is 10.1. The average Bonchev–Trinajstić information content (AvgIpc) is 2.92. The highest BCUT2D eigenvalue weighted by atomic mass is 79.9. The van der Waals surface area contributed by atoms with Crippen molar-refractivity contribution in [3.63, 3.8) is 0 Å². The minimum absolute atomic E-state index is 0.210. The lowest BCUT2D eigenvalue weighted by Gasteiger charge is -2.14. The first kappa shape index (κ1) is 20.5. The standard InChI is InChI=1S/C21H20BrNO4S/c1-13-4-5-14(2)18(10-13)27-9-8-23-20(24)19(28-21(23)25)12-15-6-7-17(26-3)16(22)11-15/h4-7,10-12H,8-9H2,1-3H3/b19-12-. The van der Waals surface area contributed by atoms with Gasteiger partial charge >= 0.3 is 0 Å². The van der Waals surface area contributed by atoms with Crippen molar-refractivity contribution in [1.29, 1.82) is 0 Å². The molecule has 0 N–H and O–H groups in total. The molecule has 0 unspecified atom stereocenters. The number of aryl methyl sites for hydroxylation is 2. The molecule has 0 aliphatic carbocycles. The van der Waals surface area contributed by atoms with Gasteiger partial charge in [0.15, 0.2) is 0 Å². The van der Waals surface area contributed by atoms with Gasteiger partial charge in [0.2, 0.25) is 0 Å². The van der Waals surface area contributed by atoms with E-state index in [0.29, 0.717) is 10.7 Å². The van der Waals surface area contributed by atoms with Crippen molar-refractivity contribution < 1.29 is 19.1 Å². The quantitative estimate of drug-likeness (QED) is 0.553. The van der Waals surface area contributed by atoms with Gasteiger partial charge in [-0.1, -0.05) is 18.2 Å². The maximum Gasteiger partial charge on any atom is 0.293 e. The zero-order valence-corrected chi connectivity index (χ0v) is 18.2. The molecule has 0 saturated carbocycles. The molecule has 1 heterocycles. The van der Waals surface area contributed by atoms with E-state index in [1.165, 1.54) is 4.90 Å². The lowest BCUT2D eigenvalue weighted by Crippen LogP contribution is -2.32. The first-order valence-electron chi connectivity index (χ1n) is 8.68. The number of nitrogens with zero attached hydrogens (tertiary/aromatic N) is 1. The van der Waals surface area contributed by atoms with Crippen molar-refractivity contribution in [3.8, 4) is 11.5 Å². The summed E-state index contributed by atoms with van der Waals surface area (Å²) in [5.74, 6) is 1.17. The molecule has 3 rings (SSSR count). The van der Waals surface area contributed by atoms with Crippen LogP contribution in [0.3, 0.4) is 0 Å². The Morgan fingerprint density at radius 3 is 2.61 bits per heavy atom. The molecule has 1 saturated heterocycles. The summed E-state index contributed by atoms with van der Waals surface area (Å²) in [6, 6.07) is 11.4. The fourth-order valence-electron chi connectivity index (χ4n) is 2.73. The summed E-state index contributed by atoms with van der Waals surface area (Å²) < 4.78 is 11.8. The van der Waals surface area contributed by atoms with E-state index in [-0.39, 0.29) is 24.3 Å². The van der Waals surface area contributed by atoms with Crippen LogP contribution in [0.25, 0.3) is 6.08 Å². The van der Waals surface area contributed by atoms with E-state index in [2.05, 4.69) is 15.9 Å². The third kappa shape index (κ3) is 4.59. The highest BCUT2D eigenvalue weighted by Crippen LogP contribution is 2.33. The number of rotatable bonds is 6. The second-order valence-electron chi connectivity index (χ2n) is 6.34. The average molecular weight is 462 g/mol. The summed E-state index contributed by atoms with van der Waals surface area (Å²) in [4.78, 5) is 26.5. The molecule has 0 bridgehead atoms. The van der Waals surface area contributed by atoms with Gasteiger partial charge in [-0.15, -0.1) is 0 Å². The van der Waals surface area contributed by atoms with E-state index < -0.39 is 0 Å². The highest BCUT2D eigenvalue weighted by molar-refractivity contribution is 9.10. The number of carbonyl (C=O) groups is 2. The molecular weight excluding hydrogens is 442 g/mol. The molecule has 1 aliphatic heterocycles. The molecule has 146 valence electrons. The van der Waals surface area contributed by atoms with E-state index >= 15 is 0 Å². The molecule has 1 aliphatic rings. The molecule has 0 radical (unpaired) electrons. The van der Waals surface area contributed by atoms with E-state index in [9.17, 15) is 9.59 Å². The van der Waals surface area contributed by atoms with Crippen LogP contribution >= 0.6 is 27.7 Å². The summed E-state index contributed by atoms with van der Waals surface area (Å²) in [6.45, 7) is 4.42. The number of hydrogen-bond acceptors (Lipinski definition) is 5. The summed E-state index contributed by atoms with van der Waals surface area (Å²) in [5, 5.41) is -0.284. The zero-order chi connectivity index (χ0) is 20.3. The Balaban J connectivity index is 1.66. The Hall–Kier alpha value is -2.25. The largest absolute Gasteiger partial charge is 0.496 e. The van der Waals surface area contributed by atoms with Crippen molar-refractivity contribution in [2.24, 2.45) is 0 Å². The molecular formula is C21H20BrNO4S. The number of imide groups is 1. The SMILES string of the molecule is COc1ccc(/C=C2\SC(=O)N(CCOc3cc(C)ccc3C)C2=O)cc1Br. The Bertz CT molecular complexity index is 957. The molecule has 5 nitrogen and oxygen atoms in total. The van der Waals surface area contributed by atoms with Crippen LogP contribution in [-0.4, -0.2) is 36.3 Å². The van der Waals surface area contributed by atoms with Crippen LogP contribution in [0, 0.1) is 13.8 Å². The first-order valence-corrected chi connectivity index (χ1v) is 10.3. The van der Waals surface area contributed by atoms with Crippen molar-refractivity contribution in [3.05, 3.63) is 62.5 Å². The summed E-state index contributed by atoms with van der Waals surface area (Å²) in [6.07, 6.45) is 1.71. The normalized spacial score (nSPS) is 15.4. The van der Waals surface area contributed by atoms with Gasteiger partial charge in [-0.05, 0) is 82.5 Å². The Labute approximate surface area is 176 Å². The van der Waals surface area contributed by atoms with E-state index in [4.69, 9.17) is 9.47 Å². The van der Waals surface area contributed by atoms with Crippen LogP contribution in [0.5, 0.6) is 11.5 Å². The molecule has 0 spiro atoms. The van der Waals surface area contributed by atoms with Gasteiger partial charge in [0.1, 0.15) is 18.1 Å². The van der Waals surface area contributed by atoms with Crippen molar-refractivity contribution in [1.82, 2.24) is 4.90 Å². The molecule has 2 aromatic rings. The molecule has 2 aromatic carbocycles. The molecule has 0 atom stereocenters.